The van der Waals surface area contributed by atoms with Crippen molar-refractivity contribution in [3.8, 4) is 0 Å². The van der Waals surface area contributed by atoms with E-state index in [0.717, 1.165) is 4.90 Å². The van der Waals surface area contributed by atoms with Gasteiger partial charge >= 0.3 is 5.97 Å². The number of nitrogens with one attached hydrogen (secondary N) is 1. The number of β-amino-alcohol motifs (C(OH)–C–C–N with tert-alkyl or cyclic N) is 1. The molecule has 0 aromatic carbocycles. The molecule has 0 spiro atoms. The second-order valence-electron chi connectivity index (χ2n) is 4.36. The van der Waals surface area contributed by atoms with Crippen LogP contribution in [-0.2, 0) is 14.4 Å². The second kappa shape index (κ2) is 6.18. The first-order valence-electron chi connectivity index (χ1n) is 5.65. The van der Waals surface area contributed by atoms with Crippen LogP contribution in [0.4, 0.5) is 0 Å². The standard InChI is InChI=1S/C10H16ClN3O5/c1-4(12)8(16)13-5(10(18)19)2-7(11)14-3-6(15)9(14)17/h4-7,15H,2-3,12H2,1H3,(H,13,16)(H,18,19)/t4?,5-,6-,7+/m0/s1. The number of nitrogens with two attached hydrogens (primary N) is 1. The van der Waals surface area contributed by atoms with Crippen LogP contribution in [0.3, 0.4) is 0 Å². The van der Waals surface area contributed by atoms with Gasteiger partial charge in [-0.15, -0.1) is 0 Å². The van der Waals surface area contributed by atoms with Crippen molar-refractivity contribution in [1.29, 1.82) is 0 Å². The summed E-state index contributed by atoms with van der Waals surface area (Å²) >= 11 is 5.89. The van der Waals surface area contributed by atoms with Crippen molar-refractivity contribution < 1.29 is 24.6 Å². The maximum atomic E-state index is 11.3. The summed E-state index contributed by atoms with van der Waals surface area (Å²) in [5.41, 5.74) is 4.41. The van der Waals surface area contributed by atoms with E-state index in [1.54, 1.807) is 0 Å². The van der Waals surface area contributed by atoms with E-state index in [9.17, 15) is 14.4 Å². The maximum absolute atomic E-state index is 11.3. The molecule has 1 aliphatic rings. The number of β-lactam (4-membered cyclic amide) rings is 1. The lowest BCUT2D eigenvalue weighted by molar-refractivity contribution is -0.158. The van der Waals surface area contributed by atoms with Crippen molar-refractivity contribution in [3.05, 3.63) is 0 Å². The number of amides is 2. The van der Waals surface area contributed by atoms with Gasteiger partial charge in [0.1, 0.15) is 11.5 Å². The maximum Gasteiger partial charge on any atom is 0.326 e. The number of carboxylic acid groups (broad SMARTS) is 1. The number of halogens is 1. The van der Waals surface area contributed by atoms with Gasteiger partial charge in [-0.1, -0.05) is 11.6 Å². The average molecular weight is 294 g/mol. The highest BCUT2D eigenvalue weighted by Crippen LogP contribution is 2.20. The van der Waals surface area contributed by atoms with Crippen LogP contribution in [0.15, 0.2) is 0 Å². The van der Waals surface area contributed by atoms with Crippen LogP contribution < -0.4 is 11.1 Å². The zero-order valence-electron chi connectivity index (χ0n) is 10.2. The molecule has 5 N–H and O–H groups in total. The minimum absolute atomic E-state index is 0.0561. The highest BCUT2D eigenvalue weighted by atomic mass is 35.5. The molecule has 1 aliphatic heterocycles. The predicted octanol–water partition coefficient (Wildman–Crippen LogP) is -1.94. The molecule has 0 aromatic rings. The first-order valence-corrected chi connectivity index (χ1v) is 6.09. The van der Waals surface area contributed by atoms with Crippen molar-refractivity contribution in [1.82, 2.24) is 10.2 Å². The van der Waals surface area contributed by atoms with Crippen LogP contribution in [0.5, 0.6) is 0 Å². The van der Waals surface area contributed by atoms with Gasteiger partial charge < -0.3 is 26.2 Å². The number of carbonyl (C=O) groups excluding carboxylic acids is 2. The number of nitrogens with zero attached hydrogens (tertiary/aromatic N) is 1. The molecule has 1 unspecified atom stereocenters. The zero-order valence-corrected chi connectivity index (χ0v) is 11.0. The van der Waals surface area contributed by atoms with E-state index in [1.165, 1.54) is 6.92 Å². The fourth-order valence-electron chi connectivity index (χ4n) is 1.53. The molecular formula is C10H16ClN3O5. The number of aliphatic hydroxyl groups is 1. The summed E-state index contributed by atoms with van der Waals surface area (Å²) < 4.78 is 0. The summed E-state index contributed by atoms with van der Waals surface area (Å²) in [7, 11) is 0. The van der Waals surface area contributed by atoms with E-state index in [4.69, 9.17) is 27.5 Å². The molecule has 19 heavy (non-hydrogen) atoms. The fourth-order valence-corrected chi connectivity index (χ4v) is 1.89. The van der Waals surface area contributed by atoms with Gasteiger partial charge in [0, 0.05) is 6.42 Å². The van der Waals surface area contributed by atoms with Crippen LogP contribution in [0.2, 0.25) is 0 Å². The van der Waals surface area contributed by atoms with Gasteiger partial charge in [-0.25, -0.2) is 4.79 Å². The molecule has 108 valence electrons. The largest absolute Gasteiger partial charge is 0.480 e. The summed E-state index contributed by atoms with van der Waals surface area (Å²) in [4.78, 5) is 34.7. The normalized spacial score (nSPS) is 23.3. The Bertz CT molecular complexity index is 389. The van der Waals surface area contributed by atoms with Gasteiger partial charge in [0.25, 0.3) is 5.91 Å². The molecule has 0 aliphatic carbocycles. The lowest BCUT2D eigenvalue weighted by atomic mass is 10.1. The number of aliphatic carboxylic acids is 1. The summed E-state index contributed by atoms with van der Waals surface area (Å²) in [5, 5.41) is 20.2. The van der Waals surface area contributed by atoms with Crippen molar-refractivity contribution in [2.24, 2.45) is 5.73 Å². The Balaban J connectivity index is 2.56. The molecule has 1 heterocycles. The highest BCUT2D eigenvalue weighted by molar-refractivity contribution is 6.22. The summed E-state index contributed by atoms with van der Waals surface area (Å²) in [6, 6.07) is -2.09. The third-order valence-electron chi connectivity index (χ3n) is 2.73. The summed E-state index contributed by atoms with van der Waals surface area (Å²) in [6.45, 7) is 1.47. The Morgan fingerprint density at radius 2 is 2.21 bits per heavy atom. The quantitative estimate of drug-likeness (QED) is 0.256. The molecule has 0 radical (unpaired) electrons. The highest BCUT2D eigenvalue weighted by Gasteiger charge is 2.40. The number of alkyl halides is 1. The Morgan fingerprint density at radius 3 is 2.58 bits per heavy atom. The second-order valence-corrected chi connectivity index (χ2v) is 4.87. The summed E-state index contributed by atoms with van der Waals surface area (Å²) in [5.74, 6) is -2.44. The van der Waals surface area contributed by atoms with Gasteiger partial charge in [-0.05, 0) is 6.92 Å². The van der Waals surface area contributed by atoms with Crippen LogP contribution >= 0.6 is 11.6 Å². The Hall–Kier alpha value is -1.38. The molecule has 4 atom stereocenters. The minimum atomic E-state index is -1.27. The van der Waals surface area contributed by atoms with Crippen molar-refractivity contribution in [2.45, 2.75) is 37.0 Å². The van der Waals surface area contributed by atoms with Crippen molar-refractivity contribution in [2.75, 3.05) is 6.54 Å². The molecule has 2 amide bonds. The fraction of sp³-hybridized carbons (Fsp3) is 0.700. The Kier molecular flexibility index (Phi) is 5.10. The number of aliphatic hydroxyl groups excluding tert-OH is 1. The first kappa shape index (κ1) is 15.7. The van der Waals surface area contributed by atoms with E-state index in [2.05, 4.69) is 5.32 Å². The van der Waals surface area contributed by atoms with Crippen LogP contribution in [-0.4, -0.2) is 63.1 Å². The SMILES string of the molecule is CC(N)C(=O)N[C@@H](C[C@H](Cl)N1C[C@H](O)C1=O)C(=O)O. The predicted molar refractivity (Wildman–Crippen MR) is 65.2 cm³/mol. The van der Waals surface area contributed by atoms with E-state index >= 15 is 0 Å². The van der Waals surface area contributed by atoms with Gasteiger partial charge in [-0.3, -0.25) is 9.59 Å². The minimum Gasteiger partial charge on any atom is -0.480 e. The zero-order chi connectivity index (χ0) is 14.7. The van der Waals surface area contributed by atoms with Crippen LogP contribution in [0.25, 0.3) is 0 Å². The van der Waals surface area contributed by atoms with Gasteiger partial charge in [-0.2, -0.15) is 0 Å². The smallest absolute Gasteiger partial charge is 0.326 e. The Labute approximate surface area is 114 Å². The third kappa shape index (κ3) is 3.79. The summed E-state index contributed by atoms with van der Waals surface area (Å²) in [6.07, 6.45) is -1.25. The molecule has 0 aromatic heterocycles. The number of likely N-dealkylation sites (tertiary alicyclic amines) is 1. The van der Waals surface area contributed by atoms with E-state index in [-0.39, 0.29) is 13.0 Å². The number of rotatable bonds is 6. The average Bonchev–Trinajstić information content (AvgIpc) is 2.33. The van der Waals surface area contributed by atoms with Gasteiger partial charge in [0.2, 0.25) is 5.91 Å². The number of hydrogen-bond acceptors (Lipinski definition) is 5. The lowest BCUT2D eigenvalue weighted by Crippen LogP contribution is -2.60. The number of carboxylic acids is 1. The van der Waals surface area contributed by atoms with Gasteiger partial charge in [0.15, 0.2) is 6.10 Å². The van der Waals surface area contributed by atoms with Crippen molar-refractivity contribution in [3.63, 3.8) is 0 Å². The molecule has 0 bridgehead atoms. The molecule has 1 rings (SSSR count). The van der Waals surface area contributed by atoms with Gasteiger partial charge in [0.05, 0.1) is 12.6 Å². The topological polar surface area (TPSA) is 133 Å². The molecule has 8 nitrogen and oxygen atoms in total. The number of hydrogen-bond donors (Lipinski definition) is 4. The van der Waals surface area contributed by atoms with E-state index in [1.807, 2.05) is 0 Å². The molecule has 9 heteroatoms. The van der Waals surface area contributed by atoms with Crippen molar-refractivity contribution >= 4 is 29.4 Å². The number of carbonyl (C=O) groups is 3. The molecule has 1 fully saturated rings. The molecular weight excluding hydrogens is 278 g/mol. The molecule has 0 saturated carbocycles. The monoisotopic (exact) mass is 293 g/mol. The Morgan fingerprint density at radius 1 is 1.63 bits per heavy atom. The van der Waals surface area contributed by atoms with Crippen LogP contribution in [0.1, 0.15) is 13.3 Å². The van der Waals surface area contributed by atoms with E-state index in [0.29, 0.717) is 0 Å². The van der Waals surface area contributed by atoms with Crippen LogP contribution in [0, 0.1) is 0 Å². The first-order chi connectivity index (χ1) is 8.73. The lowest BCUT2D eigenvalue weighted by Gasteiger charge is -2.39. The van der Waals surface area contributed by atoms with E-state index < -0.39 is 41.5 Å². The molecule has 1 saturated heterocycles. The third-order valence-corrected chi connectivity index (χ3v) is 3.15.